The molecule has 0 aliphatic carbocycles. The van der Waals surface area contributed by atoms with Crippen molar-refractivity contribution in [1.29, 1.82) is 0 Å². The Hall–Kier alpha value is -4.71. The van der Waals surface area contributed by atoms with Crippen LogP contribution in [0.3, 0.4) is 0 Å². The van der Waals surface area contributed by atoms with E-state index in [-0.39, 0.29) is 29.7 Å². The lowest BCUT2D eigenvalue weighted by atomic mass is 10.1. The summed E-state index contributed by atoms with van der Waals surface area (Å²) in [6.07, 6.45) is 7.78. The lowest BCUT2D eigenvalue weighted by molar-refractivity contribution is 0.0115. The Morgan fingerprint density at radius 3 is 2.74 bits per heavy atom. The Balaban J connectivity index is 1.28. The minimum absolute atomic E-state index is 0.0784. The minimum Gasteiger partial charge on any atom is -0.335 e. The first-order valence-corrected chi connectivity index (χ1v) is 12.3. The van der Waals surface area contributed by atoms with Gasteiger partial charge in [-0.05, 0) is 29.8 Å². The molecular formula is C27H20F3N9. The number of aromatic amines is 2. The number of rotatable bonds is 5. The van der Waals surface area contributed by atoms with Crippen molar-refractivity contribution in [2.45, 2.75) is 18.9 Å². The second kappa shape index (κ2) is 8.95. The van der Waals surface area contributed by atoms with Gasteiger partial charge in [-0.1, -0.05) is 6.07 Å². The van der Waals surface area contributed by atoms with Crippen molar-refractivity contribution >= 4 is 22.1 Å². The Bertz CT molecular complexity index is 1830. The molecule has 194 valence electrons. The molecule has 0 aromatic carbocycles. The molecule has 0 spiro atoms. The van der Waals surface area contributed by atoms with E-state index < -0.39 is 11.7 Å². The average Bonchev–Trinajstić information content (AvgIpc) is 3.65. The quantitative estimate of drug-likeness (QED) is 0.325. The Morgan fingerprint density at radius 2 is 1.92 bits per heavy atom. The summed E-state index contributed by atoms with van der Waals surface area (Å²) in [5, 5.41) is 7.36. The van der Waals surface area contributed by atoms with Crippen LogP contribution in [0.4, 0.5) is 13.2 Å². The first kappa shape index (κ1) is 23.4. The summed E-state index contributed by atoms with van der Waals surface area (Å²) < 4.78 is 43.3. The minimum atomic E-state index is -2.69. The fourth-order valence-corrected chi connectivity index (χ4v) is 5.01. The number of nitrogens with zero attached hydrogens (tertiary/aromatic N) is 7. The first-order chi connectivity index (χ1) is 18.9. The molecule has 0 radical (unpaired) electrons. The van der Waals surface area contributed by atoms with Gasteiger partial charge in [0.25, 0.3) is 5.92 Å². The molecule has 6 aromatic heterocycles. The highest BCUT2D eigenvalue weighted by atomic mass is 19.3. The van der Waals surface area contributed by atoms with Crippen LogP contribution in [-0.2, 0) is 6.54 Å². The van der Waals surface area contributed by atoms with Gasteiger partial charge >= 0.3 is 0 Å². The lowest BCUT2D eigenvalue weighted by Crippen LogP contribution is -2.24. The maximum Gasteiger partial charge on any atom is 0.261 e. The van der Waals surface area contributed by atoms with E-state index in [1.54, 1.807) is 29.6 Å². The van der Waals surface area contributed by atoms with Gasteiger partial charge in [-0.2, -0.15) is 5.10 Å². The number of hydrogen-bond acceptors (Lipinski definition) is 7. The van der Waals surface area contributed by atoms with E-state index in [1.807, 2.05) is 24.3 Å². The number of imidazole rings is 1. The molecule has 2 N–H and O–H groups in total. The number of hydrogen-bond donors (Lipinski definition) is 2. The van der Waals surface area contributed by atoms with Crippen molar-refractivity contribution in [2.75, 3.05) is 13.1 Å². The molecule has 0 bridgehead atoms. The molecule has 7 rings (SSSR count). The fourth-order valence-electron chi connectivity index (χ4n) is 5.01. The number of fused-ring (bicyclic) bond motifs is 2. The van der Waals surface area contributed by atoms with Crippen LogP contribution in [0.1, 0.15) is 12.0 Å². The molecule has 0 unspecified atom stereocenters. The van der Waals surface area contributed by atoms with Crippen LogP contribution < -0.4 is 0 Å². The molecule has 1 fully saturated rings. The highest BCUT2D eigenvalue weighted by Gasteiger charge is 2.38. The van der Waals surface area contributed by atoms with E-state index in [1.165, 1.54) is 12.4 Å². The Labute approximate surface area is 219 Å². The summed E-state index contributed by atoms with van der Waals surface area (Å²) in [6, 6.07) is 9.17. The number of aromatic nitrogens is 8. The van der Waals surface area contributed by atoms with Crippen LogP contribution >= 0.6 is 0 Å². The molecule has 7 heterocycles. The van der Waals surface area contributed by atoms with Crippen LogP contribution in [0.2, 0.25) is 0 Å². The molecule has 0 saturated carbocycles. The third kappa shape index (κ3) is 4.18. The summed E-state index contributed by atoms with van der Waals surface area (Å²) in [4.78, 5) is 26.8. The molecule has 0 atom stereocenters. The van der Waals surface area contributed by atoms with Crippen molar-refractivity contribution in [3.05, 3.63) is 72.7 Å². The normalized spacial score (nSPS) is 15.5. The number of nitrogens with one attached hydrogen (secondary N) is 2. The van der Waals surface area contributed by atoms with Crippen LogP contribution in [0.15, 0.2) is 61.3 Å². The van der Waals surface area contributed by atoms with Crippen LogP contribution in [0.25, 0.3) is 56.1 Å². The Kier molecular flexibility index (Phi) is 5.37. The zero-order valence-corrected chi connectivity index (χ0v) is 20.4. The summed E-state index contributed by atoms with van der Waals surface area (Å²) >= 11 is 0. The van der Waals surface area contributed by atoms with Gasteiger partial charge in [-0.3, -0.25) is 25.0 Å². The maximum absolute atomic E-state index is 16.0. The zero-order chi connectivity index (χ0) is 26.6. The monoisotopic (exact) mass is 527 g/mol. The summed E-state index contributed by atoms with van der Waals surface area (Å²) in [5.41, 5.74) is 4.54. The molecule has 1 saturated heterocycles. The Morgan fingerprint density at radius 1 is 1.00 bits per heavy atom. The van der Waals surface area contributed by atoms with E-state index in [0.29, 0.717) is 46.7 Å². The first-order valence-electron chi connectivity index (χ1n) is 12.3. The topological polar surface area (TPSA) is 112 Å². The summed E-state index contributed by atoms with van der Waals surface area (Å²) in [7, 11) is 0. The van der Waals surface area contributed by atoms with Gasteiger partial charge in [0.05, 0.1) is 34.9 Å². The van der Waals surface area contributed by atoms with Crippen LogP contribution in [0.5, 0.6) is 0 Å². The second-order valence-electron chi connectivity index (χ2n) is 9.54. The molecule has 0 amide bonds. The number of likely N-dealkylation sites (tertiary alicyclic amines) is 1. The highest BCUT2D eigenvalue weighted by Crippen LogP contribution is 2.34. The standard InChI is InChI=1S/C27H20F3N9/c28-21-20-19(12-34-22(21)16-9-15(10-31-11-16)13-39-8-5-27(29,30)14-39)37-38-24(20)26-35-23-17(4-7-33-25(23)36-26)18-3-1-2-6-32-18/h1-4,6-7,9-12H,5,8,13-14H2,(H,37,38)(H,33,35,36). The zero-order valence-electron chi connectivity index (χ0n) is 20.4. The summed E-state index contributed by atoms with van der Waals surface area (Å²) in [6.45, 7) is 0.285. The predicted octanol–water partition coefficient (Wildman–Crippen LogP) is 5.00. The van der Waals surface area contributed by atoms with E-state index in [0.717, 1.165) is 11.3 Å². The van der Waals surface area contributed by atoms with Gasteiger partial charge in [-0.15, -0.1) is 0 Å². The van der Waals surface area contributed by atoms with Gasteiger partial charge in [0.2, 0.25) is 0 Å². The van der Waals surface area contributed by atoms with Crippen molar-refractivity contribution in [1.82, 2.24) is 45.0 Å². The number of alkyl halides is 2. The molecule has 9 nitrogen and oxygen atoms in total. The SMILES string of the molecule is Fc1c(-c2cncc(CN3CCC(F)(F)C3)c2)ncc2[nH]nc(-c3nc4nccc(-c5ccccn5)c4[nH]3)c12. The van der Waals surface area contributed by atoms with Gasteiger partial charge < -0.3 is 4.98 Å². The predicted molar refractivity (Wildman–Crippen MR) is 138 cm³/mol. The number of pyridine rings is 4. The van der Waals surface area contributed by atoms with Gasteiger partial charge in [0, 0.05) is 55.4 Å². The number of halogens is 3. The third-order valence-electron chi connectivity index (χ3n) is 6.82. The molecule has 1 aliphatic rings. The average molecular weight is 528 g/mol. The largest absolute Gasteiger partial charge is 0.335 e. The summed E-state index contributed by atoms with van der Waals surface area (Å²) in [5.74, 6) is -2.95. The van der Waals surface area contributed by atoms with E-state index >= 15 is 4.39 Å². The lowest BCUT2D eigenvalue weighted by Gasteiger charge is -2.15. The van der Waals surface area contributed by atoms with E-state index in [2.05, 4.69) is 40.1 Å². The third-order valence-corrected chi connectivity index (χ3v) is 6.82. The van der Waals surface area contributed by atoms with E-state index in [9.17, 15) is 8.78 Å². The fraction of sp³-hybridized carbons (Fsp3) is 0.185. The van der Waals surface area contributed by atoms with Gasteiger partial charge in [-0.25, -0.2) is 23.1 Å². The highest BCUT2D eigenvalue weighted by molar-refractivity contribution is 5.96. The van der Waals surface area contributed by atoms with Crippen molar-refractivity contribution in [3.63, 3.8) is 0 Å². The van der Waals surface area contributed by atoms with Gasteiger partial charge in [0.1, 0.15) is 11.4 Å². The van der Waals surface area contributed by atoms with Crippen molar-refractivity contribution in [3.8, 4) is 34.0 Å². The van der Waals surface area contributed by atoms with Crippen LogP contribution in [-0.4, -0.2) is 64.0 Å². The van der Waals surface area contributed by atoms with Crippen LogP contribution in [0, 0.1) is 5.82 Å². The van der Waals surface area contributed by atoms with E-state index in [4.69, 9.17) is 0 Å². The maximum atomic E-state index is 16.0. The van der Waals surface area contributed by atoms with Crippen molar-refractivity contribution in [2.24, 2.45) is 0 Å². The smallest absolute Gasteiger partial charge is 0.261 e. The molecule has 6 aromatic rings. The van der Waals surface area contributed by atoms with Crippen molar-refractivity contribution < 1.29 is 13.2 Å². The van der Waals surface area contributed by atoms with Gasteiger partial charge in [0.15, 0.2) is 17.3 Å². The number of H-pyrrole nitrogens is 2. The second-order valence-corrected chi connectivity index (χ2v) is 9.54. The molecule has 1 aliphatic heterocycles. The molecular weight excluding hydrogens is 507 g/mol. The molecule has 39 heavy (non-hydrogen) atoms. The molecule has 12 heteroatoms.